The summed E-state index contributed by atoms with van der Waals surface area (Å²) < 4.78 is 11.0. The highest BCUT2D eigenvalue weighted by Crippen LogP contribution is 2.35. The number of ether oxygens (including phenoxy) is 2. The molecule has 0 saturated carbocycles. The second-order valence-corrected chi connectivity index (χ2v) is 8.39. The molecule has 1 atom stereocenters. The number of fused-ring (bicyclic) bond motifs is 1. The number of para-hydroxylation sites is 2. The Labute approximate surface area is 200 Å². The molecule has 1 aliphatic rings. The lowest BCUT2D eigenvalue weighted by atomic mass is 10.1. The fourth-order valence-electron chi connectivity index (χ4n) is 4.15. The van der Waals surface area contributed by atoms with Crippen molar-refractivity contribution in [1.29, 1.82) is 0 Å². The first kappa shape index (κ1) is 23.4. The molecule has 0 aromatic heterocycles. The highest BCUT2D eigenvalue weighted by atomic mass is 16.5. The highest BCUT2D eigenvalue weighted by molar-refractivity contribution is 6.11. The minimum absolute atomic E-state index is 0.0342. The largest absolute Gasteiger partial charge is 0.497 e. The van der Waals surface area contributed by atoms with Gasteiger partial charge in [0, 0.05) is 18.7 Å². The van der Waals surface area contributed by atoms with Crippen molar-refractivity contribution < 1.29 is 19.1 Å². The first-order valence-electron chi connectivity index (χ1n) is 11.6. The van der Waals surface area contributed by atoms with Gasteiger partial charge in [-0.2, -0.15) is 0 Å². The molecule has 0 radical (unpaired) electrons. The SMILES string of the molecule is COc1ccc(OCCCCN2C(=O)C(C)CN(C(=O)c3ccccc3)c3ccccc32)cc1. The molecule has 0 saturated heterocycles. The van der Waals surface area contributed by atoms with Gasteiger partial charge in [0.15, 0.2) is 0 Å². The second kappa shape index (κ2) is 10.9. The number of anilines is 2. The van der Waals surface area contributed by atoms with E-state index in [1.54, 1.807) is 12.0 Å². The van der Waals surface area contributed by atoms with Crippen molar-refractivity contribution in [2.24, 2.45) is 5.92 Å². The van der Waals surface area contributed by atoms with E-state index in [1.807, 2.05) is 90.7 Å². The highest BCUT2D eigenvalue weighted by Gasteiger charge is 2.33. The molecule has 0 spiro atoms. The minimum Gasteiger partial charge on any atom is -0.497 e. The summed E-state index contributed by atoms with van der Waals surface area (Å²) in [5.74, 6) is 1.21. The van der Waals surface area contributed by atoms with E-state index >= 15 is 0 Å². The number of hydrogen-bond acceptors (Lipinski definition) is 4. The number of hydrogen-bond donors (Lipinski definition) is 0. The number of carbonyl (C=O) groups excluding carboxylic acids is 2. The van der Waals surface area contributed by atoms with Crippen LogP contribution in [0.4, 0.5) is 11.4 Å². The van der Waals surface area contributed by atoms with Crippen molar-refractivity contribution in [2.45, 2.75) is 19.8 Å². The van der Waals surface area contributed by atoms with Crippen LogP contribution in [0.5, 0.6) is 11.5 Å². The average molecular weight is 459 g/mol. The molecule has 6 heteroatoms. The van der Waals surface area contributed by atoms with Crippen LogP contribution in [0, 0.1) is 5.92 Å². The van der Waals surface area contributed by atoms with Gasteiger partial charge in [-0.1, -0.05) is 37.3 Å². The van der Waals surface area contributed by atoms with E-state index in [2.05, 4.69) is 0 Å². The van der Waals surface area contributed by atoms with E-state index in [4.69, 9.17) is 9.47 Å². The molecular formula is C28H30N2O4. The van der Waals surface area contributed by atoms with Crippen LogP contribution in [0.3, 0.4) is 0 Å². The molecule has 6 nitrogen and oxygen atoms in total. The van der Waals surface area contributed by atoms with Gasteiger partial charge in [0.2, 0.25) is 5.91 Å². The zero-order chi connectivity index (χ0) is 23.9. The van der Waals surface area contributed by atoms with Gasteiger partial charge in [-0.3, -0.25) is 9.59 Å². The summed E-state index contributed by atoms with van der Waals surface area (Å²) in [6, 6.07) is 24.4. The Morgan fingerprint density at radius 1 is 0.882 bits per heavy atom. The van der Waals surface area contributed by atoms with Crippen molar-refractivity contribution in [2.75, 3.05) is 36.6 Å². The van der Waals surface area contributed by atoms with Crippen LogP contribution in [-0.4, -0.2) is 38.6 Å². The summed E-state index contributed by atoms with van der Waals surface area (Å²) in [7, 11) is 1.63. The number of methoxy groups -OCH3 is 1. The molecule has 1 unspecified atom stereocenters. The molecule has 4 rings (SSSR count). The van der Waals surface area contributed by atoms with Crippen LogP contribution in [0.2, 0.25) is 0 Å². The Hall–Kier alpha value is -3.80. The molecule has 0 fully saturated rings. The van der Waals surface area contributed by atoms with Crippen LogP contribution in [0.15, 0.2) is 78.9 Å². The Balaban J connectivity index is 1.44. The Bertz CT molecular complexity index is 1110. The summed E-state index contributed by atoms with van der Waals surface area (Å²) in [6.45, 7) is 3.36. The molecule has 2 amide bonds. The zero-order valence-electron chi connectivity index (χ0n) is 19.6. The van der Waals surface area contributed by atoms with Gasteiger partial charge in [-0.15, -0.1) is 0 Å². The lowest BCUT2D eigenvalue weighted by molar-refractivity contribution is -0.121. The maximum absolute atomic E-state index is 13.3. The Morgan fingerprint density at radius 3 is 2.24 bits per heavy atom. The van der Waals surface area contributed by atoms with Crippen LogP contribution in [0.1, 0.15) is 30.1 Å². The second-order valence-electron chi connectivity index (χ2n) is 8.39. The van der Waals surface area contributed by atoms with E-state index < -0.39 is 0 Å². The van der Waals surface area contributed by atoms with Crippen molar-refractivity contribution >= 4 is 23.2 Å². The van der Waals surface area contributed by atoms with Crippen LogP contribution < -0.4 is 19.3 Å². The molecule has 0 bridgehead atoms. The maximum atomic E-state index is 13.3. The molecule has 176 valence electrons. The van der Waals surface area contributed by atoms with Crippen molar-refractivity contribution in [3.63, 3.8) is 0 Å². The lowest BCUT2D eigenvalue weighted by Crippen LogP contribution is -2.38. The molecule has 3 aromatic rings. The van der Waals surface area contributed by atoms with Crippen LogP contribution >= 0.6 is 0 Å². The van der Waals surface area contributed by atoms with Crippen LogP contribution in [-0.2, 0) is 4.79 Å². The number of rotatable bonds is 8. The fourth-order valence-corrected chi connectivity index (χ4v) is 4.15. The average Bonchev–Trinajstić information content (AvgIpc) is 2.99. The van der Waals surface area contributed by atoms with Gasteiger partial charge in [0.05, 0.1) is 31.0 Å². The fraction of sp³-hybridized carbons (Fsp3) is 0.286. The molecule has 1 heterocycles. The third kappa shape index (κ3) is 5.22. The van der Waals surface area contributed by atoms with Crippen molar-refractivity contribution in [1.82, 2.24) is 0 Å². The summed E-state index contributed by atoms with van der Waals surface area (Å²) in [5, 5.41) is 0. The number of amides is 2. The maximum Gasteiger partial charge on any atom is 0.258 e. The predicted octanol–water partition coefficient (Wildman–Crippen LogP) is 5.18. The van der Waals surface area contributed by atoms with E-state index in [0.717, 1.165) is 35.7 Å². The number of benzene rings is 3. The smallest absolute Gasteiger partial charge is 0.258 e. The molecule has 0 aliphatic carbocycles. The van der Waals surface area contributed by atoms with Gasteiger partial charge in [0.1, 0.15) is 11.5 Å². The van der Waals surface area contributed by atoms with E-state index in [-0.39, 0.29) is 17.7 Å². The third-order valence-electron chi connectivity index (χ3n) is 5.98. The van der Waals surface area contributed by atoms with Gasteiger partial charge >= 0.3 is 0 Å². The summed E-state index contributed by atoms with van der Waals surface area (Å²) in [4.78, 5) is 30.2. The van der Waals surface area contributed by atoms with Crippen LogP contribution in [0.25, 0.3) is 0 Å². The Kier molecular flexibility index (Phi) is 7.48. The number of carbonyl (C=O) groups is 2. The first-order valence-corrected chi connectivity index (χ1v) is 11.6. The van der Waals surface area contributed by atoms with Gasteiger partial charge in [-0.05, 0) is 61.4 Å². The molecule has 0 N–H and O–H groups in total. The Morgan fingerprint density at radius 2 is 1.53 bits per heavy atom. The number of unbranched alkanes of at least 4 members (excludes halogenated alkanes) is 1. The number of nitrogens with zero attached hydrogens (tertiary/aromatic N) is 2. The lowest BCUT2D eigenvalue weighted by Gasteiger charge is -2.25. The first-order chi connectivity index (χ1) is 16.6. The van der Waals surface area contributed by atoms with Gasteiger partial charge in [-0.25, -0.2) is 0 Å². The topological polar surface area (TPSA) is 59.1 Å². The predicted molar refractivity (Wildman–Crippen MR) is 134 cm³/mol. The quantitative estimate of drug-likeness (QED) is 0.436. The molecule has 1 aliphatic heterocycles. The van der Waals surface area contributed by atoms with Gasteiger partial charge < -0.3 is 19.3 Å². The normalized spacial score (nSPS) is 15.5. The van der Waals surface area contributed by atoms with E-state index in [0.29, 0.717) is 25.3 Å². The van der Waals surface area contributed by atoms with E-state index in [1.165, 1.54) is 0 Å². The third-order valence-corrected chi connectivity index (χ3v) is 5.98. The monoisotopic (exact) mass is 458 g/mol. The zero-order valence-corrected chi connectivity index (χ0v) is 19.6. The summed E-state index contributed by atoms with van der Waals surface area (Å²) >= 11 is 0. The van der Waals surface area contributed by atoms with Crippen molar-refractivity contribution in [3.8, 4) is 11.5 Å². The summed E-state index contributed by atoms with van der Waals surface area (Å²) in [5.41, 5.74) is 2.15. The minimum atomic E-state index is -0.310. The molecule has 34 heavy (non-hydrogen) atoms. The standard InChI is InChI=1S/C28H30N2O4/c1-21-20-30(28(32)22-10-4-3-5-11-22)26-13-7-6-12-25(26)29(27(21)31)18-8-9-19-34-24-16-14-23(33-2)15-17-24/h3-7,10-17,21H,8-9,18-20H2,1-2H3. The van der Waals surface area contributed by atoms with E-state index in [9.17, 15) is 9.59 Å². The molecule has 3 aromatic carbocycles. The van der Waals surface area contributed by atoms with Crippen molar-refractivity contribution in [3.05, 3.63) is 84.4 Å². The van der Waals surface area contributed by atoms with Gasteiger partial charge in [0.25, 0.3) is 5.91 Å². The molecular weight excluding hydrogens is 428 g/mol. The summed E-state index contributed by atoms with van der Waals surface area (Å²) in [6.07, 6.45) is 1.59.